The highest BCUT2D eigenvalue weighted by Crippen LogP contribution is 2.35. The maximum Gasteiger partial charge on any atom is 0.232 e. The van der Waals surface area contributed by atoms with Crippen molar-refractivity contribution in [2.45, 2.75) is 23.3 Å². The van der Waals surface area contributed by atoms with E-state index in [0.717, 1.165) is 41.5 Å². The first-order valence-corrected chi connectivity index (χ1v) is 12.3. The third kappa shape index (κ3) is 6.87. The Balaban J connectivity index is 1.50. The summed E-state index contributed by atoms with van der Waals surface area (Å²) in [5.41, 5.74) is 2.20. The molecule has 0 amide bonds. The van der Waals surface area contributed by atoms with Gasteiger partial charge in [-0.3, -0.25) is 4.90 Å². The van der Waals surface area contributed by atoms with Crippen molar-refractivity contribution in [1.29, 1.82) is 0 Å². The molecule has 1 saturated heterocycles. The fourth-order valence-electron chi connectivity index (χ4n) is 3.51. The van der Waals surface area contributed by atoms with E-state index < -0.39 is 0 Å². The van der Waals surface area contributed by atoms with Crippen LogP contribution in [0.25, 0.3) is 0 Å². The zero-order valence-corrected chi connectivity index (χ0v) is 20.6. The van der Waals surface area contributed by atoms with Crippen molar-refractivity contribution in [3.05, 3.63) is 70.9 Å². The van der Waals surface area contributed by atoms with Crippen LogP contribution in [0, 0.1) is 18.8 Å². The summed E-state index contributed by atoms with van der Waals surface area (Å²) in [5.74, 6) is 6.91. The predicted molar refractivity (Wildman–Crippen MR) is 137 cm³/mol. The third-order valence-corrected chi connectivity index (χ3v) is 6.63. The van der Waals surface area contributed by atoms with Gasteiger partial charge in [0, 0.05) is 36.1 Å². The van der Waals surface area contributed by atoms with Gasteiger partial charge in [0.1, 0.15) is 13.2 Å². The fourth-order valence-corrected chi connectivity index (χ4v) is 4.55. The lowest BCUT2D eigenvalue weighted by Crippen LogP contribution is -2.47. The number of halogens is 1. The molecule has 0 radical (unpaired) electrons. The van der Waals surface area contributed by atoms with Gasteiger partial charge in [-0.1, -0.05) is 65.0 Å². The summed E-state index contributed by atoms with van der Waals surface area (Å²) in [6, 6.07) is 16.0. The van der Waals surface area contributed by atoms with Crippen LogP contribution in [0.5, 0.6) is 5.88 Å². The van der Waals surface area contributed by atoms with Gasteiger partial charge in [0.05, 0.1) is 17.6 Å². The Hall–Kier alpha value is -2.76. The van der Waals surface area contributed by atoms with Crippen molar-refractivity contribution >= 4 is 29.3 Å². The number of aryl methyl sites for hydroxylation is 1. The summed E-state index contributed by atoms with van der Waals surface area (Å²) >= 11 is 7.73. The number of hydrogen-bond acceptors (Lipinski definition) is 7. The molecule has 0 atom stereocenters. The quantitative estimate of drug-likeness (QED) is 0.492. The highest BCUT2D eigenvalue weighted by Gasteiger charge is 2.20. The minimum Gasteiger partial charge on any atom is -0.472 e. The largest absolute Gasteiger partial charge is 0.472 e. The molecule has 1 fully saturated rings. The Morgan fingerprint density at radius 1 is 1.09 bits per heavy atom. The fraction of sp³-hybridized carbons (Fsp3) is 0.308. The maximum absolute atomic E-state index is 8.83. The second-order valence-electron chi connectivity index (χ2n) is 7.95. The van der Waals surface area contributed by atoms with E-state index in [4.69, 9.17) is 26.4 Å². The van der Waals surface area contributed by atoms with Crippen molar-refractivity contribution in [3.8, 4) is 17.7 Å². The van der Waals surface area contributed by atoms with E-state index in [9.17, 15) is 0 Å². The minimum absolute atomic E-state index is 0.0985. The van der Waals surface area contributed by atoms with Crippen molar-refractivity contribution in [1.82, 2.24) is 14.9 Å². The lowest BCUT2D eigenvalue weighted by Gasteiger charge is -2.33. The Morgan fingerprint density at radius 3 is 2.62 bits per heavy atom. The molecule has 8 heteroatoms. The summed E-state index contributed by atoms with van der Waals surface area (Å²) < 4.78 is 6.18. The average Bonchev–Trinajstić information content (AvgIpc) is 2.85. The van der Waals surface area contributed by atoms with E-state index >= 15 is 0 Å². The van der Waals surface area contributed by atoms with E-state index in [1.54, 1.807) is 11.8 Å². The Morgan fingerprint density at radius 2 is 1.88 bits per heavy atom. The molecule has 0 aliphatic carbocycles. The standard InChI is InChI=1S/C26H27ClN4O2S/c1-20-7-9-23(10-8-20)34-24-18-28-26(31-14-12-30(13-15-31)11-2-3-16-32)29-25(24)33-19-21-5-4-6-22(27)17-21/h4-10,17-18,32H,11-16,19H2,1H3. The zero-order chi connectivity index (χ0) is 23.8. The molecule has 0 bridgehead atoms. The summed E-state index contributed by atoms with van der Waals surface area (Å²) in [6.45, 7) is 6.34. The molecule has 1 aliphatic heterocycles. The van der Waals surface area contributed by atoms with Crippen LogP contribution in [0.3, 0.4) is 0 Å². The van der Waals surface area contributed by atoms with Crippen molar-refractivity contribution < 1.29 is 9.84 Å². The number of nitrogens with zero attached hydrogens (tertiary/aromatic N) is 4. The highest BCUT2D eigenvalue weighted by molar-refractivity contribution is 7.99. The number of benzene rings is 2. The first-order valence-electron chi connectivity index (χ1n) is 11.1. The van der Waals surface area contributed by atoms with Crippen LogP contribution < -0.4 is 9.64 Å². The number of rotatable bonds is 7. The van der Waals surface area contributed by atoms with Gasteiger partial charge in [-0.25, -0.2) is 4.98 Å². The number of aliphatic hydroxyl groups is 1. The number of anilines is 1. The number of piperazine rings is 1. The van der Waals surface area contributed by atoms with Gasteiger partial charge in [-0.15, -0.1) is 0 Å². The van der Waals surface area contributed by atoms with Crippen molar-refractivity contribution in [3.63, 3.8) is 0 Å². The lowest BCUT2D eigenvalue weighted by atomic mass is 10.2. The topological polar surface area (TPSA) is 61.7 Å². The van der Waals surface area contributed by atoms with Crippen molar-refractivity contribution in [2.75, 3.05) is 44.2 Å². The van der Waals surface area contributed by atoms with E-state index in [1.807, 2.05) is 30.5 Å². The Bertz CT molecular complexity index is 1160. The van der Waals surface area contributed by atoms with Gasteiger partial charge < -0.3 is 14.7 Å². The summed E-state index contributed by atoms with van der Waals surface area (Å²) in [6.07, 6.45) is 1.85. The van der Waals surface area contributed by atoms with Gasteiger partial charge >= 0.3 is 0 Å². The summed E-state index contributed by atoms with van der Waals surface area (Å²) in [5, 5.41) is 9.51. The first kappa shape index (κ1) is 24.4. The maximum atomic E-state index is 8.83. The minimum atomic E-state index is -0.0985. The first-order chi connectivity index (χ1) is 16.6. The van der Waals surface area contributed by atoms with E-state index in [1.165, 1.54) is 5.56 Å². The Kier molecular flexibility index (Phi) is 8.67. The number of aliphatic hydroxyl groups excluding tert-OH is 1. The second-order valence-corrected chi connectivity index (χ2v) is 9.50. The van der Waals surface area contributed by atoms with Crippen LogP contribution in [-0.2, 0) is 6.61 Å². The number of aromatic nitrogens is 2. The molecule has 2 heterocycles. The molecule has 0 unspecified atom stereocenters. The highest BCUT2D eigenvalue weighted by atomic mass is 35.5. The van der Waals surface area contributed by atoms with E-state index in [-0.39, 0.29) is 6.61 Å². The van der Waals surface area contributed by atoms with E-state index in [2.05, 4.69) is 57.8 Å². The molecule has 1 N–H and O–H groups in total. The molecule has 3 aromatic rings. The summed E-state index contributed by atoms with van der Waals surface area (Å²) in [4.78, 5) is 15.9. The average molecular weight is 495 g/mol. The van der Waals surface area contributed by atoms with Gasteiger partial charge in [0.2, 0.25) is 11.8 Å². The molecule has 176 valence electrons. The van der Waals surface area contributed by atoms with Crippen LogP contribution in [-0.4, -0.2) is 59.3 Å². The van der Waals surface area contributed by atoms with Crippen LogP contribution in [0.15, 0.2) is 64.5 Å². The molecule has 6 nitrogen and oxygen atoms in total. The van der Waals surface area contributed by atoms with E-state index in [0.29, 0.717) is 30.0 Å². The predicted octanol–water partition coefficient (Wildman–Crippen LogP) is 4.29. The SMILES string of the molecule is Cc1ccc(Sc2cnc(N3CCN(CC#CCO)CC3)nc2OCc2cccc(Cl)c2)cc1. The van der Waals surface area contributed by atoms with Crippen LogP contribution in [0.1, 0.15) is 11.1 Å². The van der Waals surface area contributed by atoms with Gasteiger partial charge in [-0.05, 0) is 36.8 Å². The molecule has 0 saturated carbocycles. The van der Waals surface area contributed by atoms with Gasteiger partial charge in [0.15, 0.2) is 0 Å². The molecule has 2 aromatic carbocycles. The van der Waals surface area contributed by atoms with Gasteiger partial charge in [-0.2, -0.15) is 4.98 Å². The number of ether oxygens (including phenoxy) is 1. The van der Waals surface area contributed by atoms with Crippen LogP contribution >= 0.6 is 23.4 Å². The number of hydrogen-bond donors (Lipinski definition) is 1. The zero-order valence-electron chi connectivity index (χ0n) is 19.1. The molecule has 0 spiro atoms. The molecular formula is C26H27ClN4O2S. The van der Waals surface area contributed by atoms with Crippen molar-refractivity contribution in [2.24, 2.45) is 0 Å². The summed E-state index contributed by atoms with van der Waals surface area (Å²) in [7, 11) is 0. The lowest BCUT2D eigenvalue weighted by molar-refractivity contribution is 0.278. The molecule has 1 aliphatic rings. The van der Waals surface area contributed by atoms with Gasteiger partial charge in [0.25, 0.3) is 0 Å². The smallest absolute Gasteiger partial charge is 0.232 e. The van der Waals surface area contributed by atoms with Crippen LogP contribution in [0.4, 0.5) is 5.95 Å². The molecule has 34 heavy (non-hydrogen) atoms. The van der Waals surface area contributed by atoms with Crippen LogP contribution in [0.2, 0.25) is 5.02 Å². The molecule has 4 rings (SSSR count). The third-order valence-electron chi connectivity index (χ3n) is 5.38. The normalized spacial score (nSPS) is 13.9. The monoisotopic (exact) mass is 494 g/mol. The molecular weight excluding hydrogens is 468 g/mol. The second kappa shape index (κ2) is 12.1. The molecule has 1 aromatic heterocycles. The Labute approximate surface area is 209 Å².